The van der Waals surface area contributed by atoms with Gasteiger partial charge in [0.1, 0.15) is 11.5 Å². The van der Waals surface area contributed by atoms with Crippen molar-refractivity contribution in [3.63, 3.8) is 0 Å². The largest absolute Gasteiger partial charge is 0.465 e. The van der Waals surface area contributed by atoms with Crippen LogP contribution in [0.2, 0.25) is 0 Å². The maximum atomic E-state index is 6.22. The standard InChI is InChI=1S/C20H23N3O2/c1-16-6-7-19(25-16)12-22-11-18-5-3-9-23(18)14-20(13-22)24-15-17-4-2-8-21-10-17/h2-10,20H,11-15H2,1H3/t20-/m0/s1. The molecule has 5 heteroatoms. The zero-order valence-electron chi connectivity index (χ0n) is 14.5. The minimum absolute atomic E-state index is 0.130. The molecule has 0 saturated heterocycles. The van der Waals surface area contributed by atoms with Crippen LogP contribution in [0.15, 0.2) is 59.4 Å². The second-order valence-electron chi connectivity index (χ2n) is 6.63. The van der Waals surface area contributed by atoms with E-state index in [4.69, 9.17) is 9.15 Å². The second kappa shape index (κ2) is 7.25. The number of hydrogen-bond donors (Lipinski definition) is 0. The lowest BCUT2D eigenvalue weighted by atomic mass is 10.2. The van der Waals surface area contributed by atoms with E-state index in [2.05, 4.69) is 38.8 Å². The molecule has 25 heavy (non-hydrogen) atoms. The molecule has 5 nitrogen and oxygen atoms in total. The van der Waals surface area contributed by atoms with E-state index in [-0.39, 0.29) is 6.10 Å². The monoisotopic (exact) mass is 337 g/mol. The Balaban J connectivity index is 1.47. The third kappa shape index (κ3) is 4.00. The second-order valence-corrected chi connectivity index (χ2v) is 6.63. The number of furan rings is 1. The van der Waals surface area contributed by atoms with Crippen LogP contribution >= 0.6 is 0 Å². The first-order valence-electron chi connectivity index (χ1n) is 8.68. The average Bonchev–Trinajstić information content (AvgIpc) is 3.19. The van der Waals surface area contributed by atoms with Crippen LogP contribution in [0, 0.1) is 6.92 Å². The zero-order chi connectivity index (χ0) is 17.1. The van der Waals surface area contributed by atoms with Gasteiger partial charge in [0, 0.05) is 43.9 Å². The molecule has 0 aliphatic carbocycles. The lowest BCUT2D eigenvalue weighted by Crippen LogP contribution is -2.32. The van der Waals surface area contributed by atoms with Gasteiger partial charge < -0.3 is 13.7 Å². The SMILES string of the molecule is Cc1ccc(CN2Cc3cccn3C[C@@H](OCc3cccnc3)C2)o1. The summed E-state index contributed by atoms with van der Waals surface area (Å²) >= 11 is 0. The topological polar surface area (TPSA) is 43.4 Å². The van der Waals surface area contributed by atoms with Gasteiger partial charge in [-0.25, -0.2) is 0 Å². The Hall–Kier alpha value is -2.37. The lowest BCUT2D eigenvalue weighted by molar-refractivity contribution is 0.00749. The molecule has 0 unspecified atom stereocenters. The number of aryl methyl sites for hydroxylation is 1. The van der Waals surface area contributed by atoms with Crippen molar-refractivity contribution in [2.45, 2.75) is 39.3 Å². The van der Waals surface area contributed by atoms with E-state index in [0.29, 0.717) is 6.61 Å². The molecule has 130 valence electrons. The molecule has 0 spiro atoms. The number of aromatic nitrogens is 2. The van der Waals surface area contributed by atoms with E-state index in [9.17, 15) is 0 Å². The van der Waals surface area contributed by atoms with Crippen LogP contribution in [0.3, 0.4) is 0 Å². The first kappa shape index (κ1) is 16.1. The highest BCUT2D eigenvalue weighted by Crippen LogP contribution is 2.19. The number of ether oxygens (including phenoxy) is 1. The van der Waals surface area contributed by atoms with Crippen LogP contribution in [0.5, 0.6) is 0 Å². The smallest absolute Gasteiger partial charge is 0.118 e. The molecule has 3 aromatic heterocycles. The van der Waals surface area contributed by atoms with Crippen molar-refractivity contribution < 1.29 is 9.15 Å². The van der Waals surface area contributed by atoms with Gasteiger partial charge in [-0.2, -0.15) is 0 Å². The van der Waals surface area contributed by atoms with Crippen molar-refractivity contribution in [1.29, 1.82) is 0 Å². The molecule has 1 aliphatic heterocycles. The van der Waals surface area contributed by atoms with Crippen molar-refractivity contribution in [1.82, 2.24) is 14.5 Å². The van der Waals surface area contributed by atoms with Crippen molar-refractivity contribution in [3.05, 3.63) is 77.8 Å². The number of pyridine rings is 1. The lowest BCUT2D eigenvalue weighted by Gasteiger charge is -2.23. The third-order valence-electron chi connectivity index (χ3n) is 4.56. The molecule has 0 bridgehead atoms. The summed E-state index contributed by atoms with van der Waals surface area (Å²) in [5.41, 5.74) is 2.42. The zero-order valence-corrected chi connectivity index (χ0v) is 14.5. The summed E-state index contributed by atoms with van der Waals surface area (Å²) < 4.78 is 14.3. The van der Waals surface area contributed by atoms with Gasteiger partial charge in [-0.1, -0.05) is 6.07 Å². The Bertz CT molecular complexity index is 809. The first-order valence-corrected chi connectivity index (χ1v) is 8.68. The van der Waals surface area contributed by atoms with Crippen molar-refractivity contribution in [3.8, 4) is 0 Å². The van der Waals surface area contributed by atoms with Crippen molar-refractivity contribution in [2.24, 2.45) is 0 Å². The molecule has 1 atom stereocenters. The Morgan fingerprint density at radius 2 is 2.16 bits per heavy atom. The van der Waals surface area contributed by atoms with Gasteiger partial charge in [-0.3, -0.25) is 9.88 Å². The van der Waals surface area contributed by atoms with E-state index in [1.54, 1.807) is 6.20 Å². The summed E-state index contributed by atoms with van der Waals surface area (Å²) in [6.07, 6.45) is 5.91. The highest BCUT2D eigenvalue weighted by Gasteiger charge is 2.23. The first-order chi connectivity index (χ1) is 12.3. The van der Waals surface area contributed by atoms with Gasteiger partial charge in [0.2, 0.25) is 0 Å². The molecule has 3 aromatic rings. The van der Waals surface area contributed by atoms with E-state index in [1.807, 2.05) is 31.3 Å². The van der Waals surface area contributed by atoms with Crippen molar-refractivity contribution in [2.75, 3.05) is 6.54 Å². The molecule has 0 radical (unpaired) electrons. The van der Waals surface area contributed by atoms with Crippen LogP contribution in [0.1, 0.15) is 22.8 Å². The summed E-state index contributed by atoms with van der Waals surface area (Å²) in [6, 6.07) is 12.4. The number of hydrogen-bond acceptors (Lipinski definition) is 4. The molecule has 0 N–H and O–H groups in total. The van der Waals surface area contributed by atoms with Crippen LogP contribution in [0.25, 0.3) is 0 Å². The molecule has 4 heterocycles. The summed E-state index contributed by atoms with van der Waals surface area (Å²) in [5.74, 6) is 1.96. The Morgan fingerprint density at radius 1 is 1.20 bits per heavy atom. The third-order valence-corrected chi connectivity index (χ3v) is 4.56. The maximum absolute atomic E-state index is 6.22. The summed E-state index contributed by atoms with van der Waals surface area (Å²) in [7, 11) is 0. The fraction of sp³-hybridized carbons (Fsp3) is 0.350. The Morgan fingerprint density at radius 3 is 2.96 bits per heavy atom. The van der Waals surface area contributed by atoms with E-state index < -0.39 is 0 Å². The number of rotatable bonds is 5. The predicted octanol–water partition coefficient (Wildman–Crippen LogP) is 3.39. The molecule has 1 aliphatic rings. The van der Waals surface area contributed by atoms with E-state index >= 15 is 0 Å². The quantitative estimate of drug-likeness (QED) is 0.716. The summed E-state index contributed by atoms with van der Waals surface area (Å²) in [6.45, 7) is 6.02. The van der Waals surface area contributed by atoms with Crippen LogP contribution in [0.4, 0.5) is 0 Å². The minimum Gasteiger partial charge on any atom is -0.465 e. The van der Waals surface area contributed by atoms with E-state index in [0.717, 1.165) is 43.3 Å². The molecular formula is C20H23N3O2. The van der Waals surface area contributed by atoms with Gasteiger partial charge >= 0.3 is 0 Å². The van der Waals surface area contributed by atoms with Crippen LogP contribution in [-0.4, -0.2) is 27.1 Å². The van der Waals surface area contributed by atoms with Crippen LogP contribution < -0.4 is 0 Å². The predicted molar refractivity (Wildman–Crippen MR) is 94.8 cm³/mol. The van der Waals surface area contributed by atoms with Gasteiger partial charge in [0.25, 0.3) is 0 Å². The summed E-state index contributed by atoms with van der Waals surface area (Å²) in [4.78, 5) is 6.55. The fourth-order valence-corrected chi connectivity index (χ4v) is 3.34. The van der Waals surface area contributed by atoms with Crippen molar-refractivity contribution >= 4 is 0 Å². The molecule has 0 amide bonds. The average molecular weight is 337 g/mol. The van der Waals surface area contributed by atoms with Gasteiger partial charge in [0.15, 0.2) is 0 Å². The molecular weight excluding hydrogens is 314 g/mol. The Labute approximate surface area is 147 Å². The number of nitrogens with zero attached hydrogens (tertiary/aromatic N) is 3. The maximum Gasteiger partial charge on any atom is 0.118 e. The fourth-order valence-electron chi connectivity index (χ4n) is 3.34. The molecule has 0 aromatic carbocycles. The van der Waals surface area contributed by atoms with Gasteiger partial charge in [-0.05, 0) is 42.8 Å². The molecule has 4 rings (SSSR count). The number of fused-ring (bicyclic) bond motifs is 1. The Kier molecular flexibility index (Phi) is 4.68. The van der Waals surface area contributed by atoms with E-state index in [1.165, 1.54) is 5.69 Å². The normalized spacial score (nSPS) is 18.0. The highest BCUT2D eigenvalue weighted by atomic mass is 16.5. The van der Waals surface area contributed by atoms with Gasteiger partial charge in [-0.15, -0.1) is 0 Å². The van der Waals surface area contributed by atoms with Gasteiger partial charge in [0.05, 0.1) is 19.3 Å². The highest BCUT2D eigenvalue weighted by molar-refractivity contribution is 5.11. The molecule has 0 fully saturated rings. The summed E-state index contributed by atoms with van der Waals surface area (Å²) in [5, 5.41) is 0. The van der Waals surface area contributed by atoms with Crippen LogP contribution in [-0.2, 0) is 31.0 Å². The minimum atomic E-state index is 0.130. The molecule has 0 saturated carbocycles.